The van der Waals surface area contributed by atoms with E-state index in [2.05, 4.69) is 4.98 Å². The fourth-order valence-corrected chi connectivity index (χ4v) is 2.14. The van der Waals surface area contributed by atoms with Gasteiger partial charge in [-0.05, 0) is 0 Å². The lowest BCUT2D eigenvalue weighted by molar-refractivity contribution is -0.0529. The molecule has 0 bridgehead atoms. The third-order valence-corrected chi connectivity index (χ3v) is 3.04. The maximum atomic E-state index is 9.87. The second kappa shape index (κ2) is 4.78. The molecule has 1 fully saturated rings. The Kier molecular flexibility index (Phi) is 3.50. The van der Waals surface area contributed by atoms with Gasteiger partial charge in [-0.2, -0.15) is 0 Å². The van der Waals surface area contributed by atoms with Crippen LogP contribution in [0.2, 0.25) is 0 Å². The van der Waals surface area contributed by atoms with E-state index in [0.29, 0.717) is 0 Å². The van der Waals surface area contributed by atoms with Crippen molar-refractivity contribution < 1.29 is 20.1 Å². The van der Waals surface area contributed by atoms with E-state index in [1.807, 2.05) is 0 Å². The number of hydrogen-bond donors (Lipinski definition) is 5. The molecule has 0 aromatic carbocycles. The molecule has 0 amide bonds. The minimum absolute atomic E-state index is 0.00254. The monoisotopic (exact) mass is 274 g/mol. The second-order valence-electron chi connectivity index (χ2n) is 3.98. The number of thiocarbonyl (C=S) groups is 1. The van der Waals surface area contributed by atoms with Crippen LogP contribution in [0, 0.1) is 0 Å². The van der Waals surface area contributed by atoms with Gasteiger partial charge in [0.05, 0.1) is 12.9 Å². The summed E-state index contributed by atoms with van der Waals surface area (Å²) >= 11 is 4.84. The molecule has 0 saturated carbocycles. The number of rotatable bonds is 3. The van der Waals surface area contributed by atoms with Gasteiger partial charge in [0, 0.05) is 0 Å². The molecule has 1 aromatic heterocycles. The largest absolute Gasteiger partial charge is 0.394 e. The van der Waals surface area contributed by atoms with Crippen molar-refractivity contribution in [2.45, 2.75) is 24.5 Å². The maximum Gasteiger partial charge on any atom is 0.164 e. The standard InChI is InChI=1S/C9H14N4O4S/c10-7-4(8(11)18)13(2-12-7)9-6(16)5(15)3(1-14)17-9/h2-3,5-6,9,14-16H,1,10H2,(H2,11,18). The van der Waals surface area contributed by atoms with Gasteiger partial charge in [0.2, 0.25) is 0 Å². The zero-order chi connectivity index (χ0) is 13.4. The van der Waals surface area contributed by atoms with Gasteiger partial charge in [-0.25, -0.2) is 4.98 Å². The van der Waals surface area contributed by atoms with Crippen LogP contribution in [-0.2, 0) is 4.74 Å². The molecule has 2 heterocycles. The fourth-order valence-electron chi connectivity index (χ4n) is 1.93. The van der Waals surface area contributed by atoms with E-state index in [1.54, 1.807) is 0 Å². The average molecular weight is 274 g/mol. The molecule has 1 aliphatic rings. The summed E-state index contributed by atoms with van der Waals surface area (Å²) in [6.45, 7) is -0.415. The highest BCUT2D eigenvalue weighted by Crippen LogP contribution is 2.31. The van der Waals surface area contributed by atoms with E-state index in [-0.39, 0.29) is 16.5 Å². The van der Waals surface area contributed by atoms with Crippen LogP contribution in [-0.4, -0.2) is 54.8 Å². The molecule has 4 unspecified atom stereocenters. The van der Waals surface area contributed by atoms with Gasteiger partial charge < -0.3 is 31.5 Å². The first kappa shape index (κ1) is 13.2. The zero-order valence-corrected chi connectivity index (χ0v) is 10.1. The Labute approximate surface area is 108 Å². The summed E-state index contributed by atoms with van der Waals surface area (Å²) in [6, 6.07) is 0. The maximum absolute atomic E-state index is 9.87. The van der Waals surface area contributed by atoms with E-state index in [9.17, 15) is 10.2 Å². The Morgan fingerprint density at radius 3 is 2.67 bits per heavy atom. The smallest absolute Gasteiger partial charge is 0.164 e. The van der Waals surface area contributed by atoms with Gasteiger partial charge >= 0.3 is 0 Å². The molecular weight excluding hydrogens is 260 g/mol. The molecule has 4 atom stereocenters. The Morgan fingerprint density at radius 1 is 1.50 bits per heavy atom. The van der Waals surface area contributed by atoms with E-state index >= 15 is 0 Å². The summed E-state index contributed by atoms with van der Waals surface area (Å²) in [5.74, 6) is 0.111. The highest BCUT2D eigenvalue weighted by molar-refractivity contribution is 7.80. The molecule has 1 aliphatic heterocycles. The average Bonchev–Trinajstić information content (AvgIpc) is 2.82. The third-order valence-electron chi connectivity index (χ3n) is 2.85. The lowest BCUT2D eigenvalue weighted by atomic mass is 10.1. The molecule has 1 saturated heterocycles. The van der Waals surface area contributed by atoms with E-state index < -0.39 is 31.1 Å². The first-order valence-corrected chi connectivity index (χ1v) is 5.62. The molecule has 8 nitrogen and oxygen atoms in total. The van der Waals surface area contributed by atoms with Gasteiger partial charge in [-0.3, -0.25) is 4.57 Å². The molecule has 2 rings (SSSR count). The topological polar surface area (TPSA) is 140 Å². The van der Waals surface area contributed by atoms with Gasteiger partial charge in [0.1, 0.15) is 29.0 Å². The number of hydrogen-bond acceptors (Lipinski definition) is 7. The highest BCUT2D eigenvalue weighted by Gasteiger charge is 2.44. The van der Waals surface area contributed by atoms with Gasteiger partial charge in [0.25, 0.3) is 0 Å². The van der Waals surface area contributed by atoms with Crippen molar-refractivity contribution in [3.63, 3.8) is 0 Å². The predicted molar refractivity (Wildman–Crippen MR) is 65.5 cm³/mol. The van der Waals surface area contributed by atoms with Gasteiger partial charge in [-0.15, -0.1) is 0 Å². The molecule has 100 valence electrons. The number of nitrogens with zero attached hydrogens (tertiary/aromatic N) is 2. The van der Waals surface area contributed by atoms with E-state index in [0.717, 1.165) is 0 Å². The number of aromatic nitrogens is 2. The van der Waals surface area contributed by atoms with Crippen LogP contribution in [0.25, 0.3) is 0 Å². The van der Waals surface area contributed by atoms with Crippen molar-refractivity contribution in [2.75, 3.05) is 12.3 Å². The van der Waals surface area contributed by atoms with Gasteiger partial charge in [-0.1, -0.05) is 12.2 Å². The van der Waals surface area contributed by atoms with E-state index in [1.165, 1.54) is 10.9 Å². The number of aliphatic hydroxyl groups is 3. The van der Waals surface area contributed by atoms with E-state index in [4.69, 9.17) is 33.5 Å². The van der Waals surface area contributed by atoms with Crippen molar-refractivity contribution >= 4 is 23.0 Å². The normalized spacial score (nSPS) is 31.7. The first-order valence-electron chi connectivity index (χ1n) is 5.22. The first-order chi connectivity index (χ1) is 8.47. The summed E-state index contributed by atoms with van der Waals surface area (Å²) in [4.78, 5) is 3.83. The molecule has 0 radical (unpaired) electrons. The molecule has 0 aliphatic carbocycles. The Bertz CT molecular complexity index is 465. The fraction of sp³-hybridized carbons (Fsp3) is 0.556. The summed E-state index contributed by atoms with van der Waals surface area (Å²) in [6.07, 6.45) is -2.96. The Morgan fingerprint density at radius 2 is 2.17 bits per heavy atom. The number of imidazole rings is 1. The van der Waals surface area contributed by atoms with Crippen LogP contribution < -0.4 is 11.5 Å². The van der Waals surface area contributed by atoms with Crippen molar-refractivity contribution in [1.29, 1.82) is 0 Å². The summed E-state index contributed by atoms with van der Waals surface area (Å²) in [5, 5.41) is 28.5. The van der Waals surface area contributed by atoms with Crippen molar-refractivity contribution in [1.82, 2.24) is 9.55 Å². The molecule has 9 heteroatoms. The molecule has 0 spiro atoms. The minimum Gasteiger partial charge on any atom is -0.394 e. The summed E-state index contributed by atoms with van der Waals surface area (Å²) in [5.41, 5.74) is 11.4. The lowest BCUT2D eigenvalue weighted by Gasteiger charge is -2.18. The zero-order valence-electron chi connectivity index (χ0n) is 9.30. The van der Waals surface area contributed by atoms with Crippen LogP contribution in [0.1, 0.15) is 11.9 Å². The third kappa shape index (κ3) is 1.95. The van der Waals surface area contributed by atoms with Crippen molar-refractivity contribution in [2.24, 2.45) is 5.73 Å². The van der Waals surface area contributed by atoms with Crippen LogP contribution in [0.4, 0.5) is 5.82 Å². The molecular formula is C9H14N4O4S. The quantitative estimate of drug-likeness (QED) is 0.388. The molecule has 1 aromatic rings. The van der Waals surface area contributed by atoms with Crippen LogP contribution in [0.15, 0.2) is 6.33 Å². The number of aliphatic hydroxyl groups excluding tert-OH is 3. The molecule has 7 N–H and O–H groups in total. The minimum atomic E-state index is -1.23. The Hall–Kier alpha value is -1.26. The number of anilines is 1. The van der Waals surface area contributed by atoms with Crippen LogP contribution in [0.5, 0.6) is 0 Å². The SMILES string of the molecule is NC(=S)c1c(N)ncn1C1OC(CO)C(O)C1O. The predicted octanol–water partition coefficient (Wildman–Crippen LogP) is -2.29. The number of ether oxygens (including phenoxy) is 1. The summed E-state index contributed by atoms with van der Waals surface area (Å²) < 4.78 is 6.68. The van der Waals surface area contributed by atoms with Crippen molar-refractivity contribution in [3.05, 3.63) is 12.0 Å². The number of nitrogen functional groups attached to an aromatic ring is 1. The highest BCUT2D eigenvalue weighted by atomic mass is 32.1. The van der Waals surface area contributed by atoms with Crippen molar-refractivity contribution in [3.8, 4) is 0 Å². The summed E-state index contributed by atoms with van der Waals surface area (Å²) in [7, 11) is 0. The molecule has 18 heavy (non-hydrogen) atoms. The Balaban J connectivity index is 2.36. The second-order valence-corrected chi connectivity index (χ2v) is 4.42. The number of nitrogens with two attached hydrogens (primary N) is 2. The lowest BCUT2D eigenvalue weighted by Crippen LogP contribution is -2.33. The van der Waals surface area contributed by atoms with Crippen LogP contribution in [0.3, 0.4) is 0 Å². The van der Waals surface area contributed by atoms with Crippen LogP contribution >= 0.6 is 12.2 Å². The van der Waals surface area contributed by atoms with Gasteiger partial charge in [0.15, 0.2) is 12.0 Å².